The van der Waals surface area contributed by atoms with Crippen LogP contribution >= 0.6 is 22.7 Å². The van der Waals surface area contributed by atoms with Crippen LogP contribution in [0.5, 0.6) is 0 Å². The van der Waals surface area contributed by atoms with Gasteiger partial charge in [-0.05, 0) is 18.8 Å². The quantitative estimate of drug-likeness (QED) is 0.845. The number of aromatic nitrogens is 2. The monoisotopic (exact) mass is 322 g/mol. The van der Waals surface area contributed by atoms with E-state index in [0.717, 1.165) is 12.8 Å². The van der Waals surface area contributed by atoms with Gasteiger partial charge in [-0.3, -0.25) is 9.59 Å². The average Bonchev–Trinajstić information content (AvgIpc) is 2.98. The Morgan fingerprint density at radius 1 is 1.14 bits per heavy atom. The third-order valence-corrected chi connectivity index (χ3v) is 4.49. The summed E-state index contributed by atoms with van der Waals surface area (Å²) >= 11 is 2.77. The highest BCUT2D eigenvalue weighted by Crippen LogP contribution is 2.32. The fourth-order valence-electron chi connectivity index (χ4n) is 2.02. The molecule has 0 bridgehead atoms. The van der Waals surface area contributed by atoms with Gasteiger partial charge in [0.15, 0.2) is 0 Å². The second-order valence-electron chi connectivity index (χ2n) is 4.87. The van der Waals surface area contributed by atoms with Crippen LogP contribution in [0.1, 0.15) is 33.8 Å². The van der Waals surface area contributed by atoms with Gasteiger partial charge >= 0.3 is 0 Å². The third-order valence-electron chi connectivity index (χ3n) is 3.32. The van der Waals surface area contributed by atoms with Crippen LogP contribution in [-0.4, -0.2) is 34.4 Å². The molecule has 0 spiro atoms. The topological polar surface area (TPSA) is 84.0 Å². The number of carbonyl (C=O) groups is 2. The van der Waals surface area contributed by atoms with Crippen LogP contribution in [0.3, 0.4) is 0 Å². The molecule has 2 heterocycles. The molecule has 1 atom stereocenters. The molecule has 1 aliphatic carbocycles. The van der Waals surface area contributed by atoms with E-state index in [4.69, 9.17) is 0 Å². The lowest BCUT2D eigenvalue weighted by Crippen LogP contribution is -2.45. The maximum atomic E-state index is 12.0. The minimum Gasteiger partial charge on any atom is -0.349 e. The molecule has 2 aromatic heterocycles. The molecule has 8 heteroatoms. The molecule has 3 rings (SSSR count). The lowest BCUT2D eigenvalue weighted by Gasteiger charge is -2.18. The van der Waals surface area contributed by atoms with Crippen molar-refractivity contribution >= 4 is 34.5 Å². The summed E-state index contributed by atoms with van der Waals surface area (Å²) in [5, 5.41) is 9.20. The number of hydrogen-bond acceptors (Lipinski definition) is 6. The Morgan fingerprint density at radius 3 is 2.29 bits per heavy atom. The first-order valence-corrected chi connectivity index (χ1v) is 8.48. The molecule has 2 N–H and O–H groups in total. The molecule has 0 radical (unpaired) electrons. The van der Waals surface area contributed by atoms with Crippen LogP contribution < -0.4 is 10.6 Å². The second-order valence-corrected chi connectivity index (χ2v) is 6.31. The molecule has 1 unspecified atom stereocenters. The van der Waals surface area contributed by atoms with Crippen LogP contribution in [0.4, 0.5) is 0 Å². The van der Waals surface area contributed by atoms with Crippen molar-refractivity contribution in [3.8, 4) is 0 Å². The fourth-order valence-corrected chi connectivity index (χ4v) is 3.08. The van der Waals surface area contributed by atoms with Crippen molar-refractivity contribution in [1.82, 2.24) is 20.6 Å². The summed E-state index contributed by atoms with van der Waals surface area (Å²) in [7, 11) is 0. The highest BCUT2D eigenvalue weighted by Gasteiger charge is 2.33. The lowest BCUT2D eigenvalue weighted by atomic mass is 10.1. The maximum Gasteiger partial charge on any atom is 0.271 e. The molecule has 1 saturated carbocycles. The largest absolute Gasteiger partial charge is 0.349 e. The van der Waals surface area contributed by atoms with Crippen LogP contribution in [0.25, 0.3) is 0 Å². The predicted molar refractivity (Wildman–Crippen MR) is 80.5 cm³/mol. The van der Waals surface area contributed by atoms with Crippen molar-refractivity contribution in [2.75, 3.05) is 6.54 Å². The summed E-state index contributed by atoms with van der Waals surface area (Å²) in [6.07, 6.45) is 2.16. The molecular formula is C13H14N4O2S2. The standard InChI is InChI=1S/C13H14N4O2S2/c18-12(10-4-20-6-15-10)14-3-9(8-1-2-8)17-13(19)11-5-21-7-16-11/h4-9H,1-3H2,(H,14,18)(H,17,19). The van der Waals surface area contributed by atoms with E-state index < -0.39 is 0 Å². The number of amides is 2. The Morgan fingerprint density at radius 2 is 1.76 bits per heavy atom. The van der Waals surface area contributed by atoms with Gasteiger partial charge in [0.1, 0.15) is 11.4 Å². The molecule has 2 aromatic rings. The number of carbonyl (C=O) groups excluding carboxylic acids is 2. The van der Waals surface area contributed by atoms with Gasteiger partial charge < -0.3 is 10.6 Å². The van der Waals surface area contributed by atoms with Gasteiger partial charge in [-0.25, -0.2) is 9.97 Å². The molecule has 110 valence electrons. The molecule has 0 aliphatic heterocycles. The lowest BCUT2D eigenvalue weighted by molar-refractivity contribution is 0.0899. The molecule has 6 nitrogen and oxygen atoms in total. The van der Waals surface area contributed by atoms with Crippen LogP contribution in [0.15, 0.2) is 21.8 Å². The smallest absolute Gasteiger partial charge is 0.271 e. The average molecular weight is 322 g/mol. The molecular weight excluding hydrogens is 308 g/mol. The van der Waals surface area contributed by atoms with E-state index in [1.54, 1.807) is 21.8 Å². The highest BCUT2D eigenvalue weighted by molar-refractivity contribution is 7.08. The first kappa shape index (κ1) is 14.2. The Bertz CT molecular complexity index is 608. The van der Waals surface area contributed by atoms with E-state index in [9.17, 15) is 9.59 Å². The summed E-state index contributed by atoms with van der Waals surface area (Å²) < 4.78 is 0. The molecule has 1 fully saturated rings. The number of rotatable bonds is 6. The zero-order valence-electron chi connectivity index (χ0n) is 11.1. The van der Waals surface area contributed by atoms with Crippen molar-refractivity contribution in [3.63, 3.8) is 0 Å². The predicted octanol–water partition coefficient (Wildman–Crippen LogP) is 1.54. The van der Waals surface area contributed by atoms with E-state index in [2.05, 4.69) is 20.6 Å². The van der Waals surface area contributed by atoms with Gasteiger partial charge in [0.2, 0.25) is 0 Å². The molecule has 2 amide bonds. The van der Waals surface area contributed by atoms with E-state index >= 15 is 0 Å². The first-order chi connectivity index (χ1) is 10.2. The van der Waals surface area contributed by atoms with Gasteiger partial charge in [-0.2, -0.15) is 0 Å². The summed E-state index contributed by atoms with van der Waals surface area (Å²) in [5.74, 6) is 0.0455. The van der Waals surface area contributed by atoms with Crippen LogP contribution in [-0.2, 0) is 0 Å². The molecule has 0 saturated heterocycles. The minimum absolute atomic E-state index is 0.0539. The summed E-state index contributed by atoms with van der Waals surface area (Å²) in [4.78, 5) is 31.9. The highest BCUT2D eigenvalue weighted by atomic mass is 32.1. The van der Waals surface area contributed by atoms with Crippen LogP contribution in [0.2, 0.25) is 0 Å². The molecule has 1 aliphatic rings. The zero-order chi connectivity index (χ0) is 14.7. The van der Waals surface area contributed by atoms with Crippen LogP contribution in [0, 0.1) is 5.92 Å². The van der Waals surface area contributed by atoms with Gasteiger partial charge in [0.05, 0.1) is 11.0 Å². The van der Waals surface area contributed by atoms with Crippen molar-refractivity contribution in [2.45, 2.75) is 18.9 Å². The first-order valence-electron chi connectivity index (χ1n) is 6.59. The van der Waals surface area contributed by atoms with Crippen molar-refractivity contribution in [3.05, 3.63) is 33.2 Å². The minimum atomic E-state index is -0.204. The Kier molecular flexibility index (Phi) is 4.26. The number of thiazole rings is 2. The Hall–Kier alpha value is -1.80. The summed E-state index contributed by atoms with van der Waals surface area (Å²) in [5.41, 5.74) is 4.10. The molecule has 0 aromatic carbocycles. The fraction of sp³-hybridized carbons (Fsp3) is 0.385. The normalized spacial score (nSPS) is 15.4. The van der Waals surface area contributed by atoms with E-state index in [0.29, 0.717) is 23.9 Å². The third kappa shape index (κ3) is 3.64. The Balaban J connectivity index is 1.55. The molecule has 21 heavy (non-hydrogen) atoms. The maximum absolute atomic E-state index is 12.0. The number of nitrogens with one attached hydrogen (secondary N) is 2. The van der Waals surface area contributed by atoms with Gasteiger partial charge in [-0.15, -0.1) is 22.7 Å². The second kappa shape index (κ2) is 6.31. The van der Waals surface area contributed by atoms with E-state index in [1.165, 1.54) is 22.7 Å². The summed E-state index contributed by atoms with van der Waals surface area (Å²) in [6, 6.07) is -0.0539. The van der Waals surface area contributed by atoms with Crippen molar-refractivity contribution in [2.24, 2.45) is 5.92 Å². The van der Waals surface area contributed by atoms with Crippen molar-refractivity contribution < 1.29 is 9.59 Å². The number of hydrogen-bond donors (Lipinski definition) is 2. The van der Waals surface area contributed by atoms with Gasteiger partial charge in [0.25, 0.3) is 11.8 Å². The zero-order valence-corrected chi connectivity index (χ0v) is 12.7. The van der Waals surface area contributed by atoms with Gasteiger partial charge in [0, 0.05) is 23.3 Å². The van der Waals surface area contributed by atoms with Gasteiger partial charge in [-0.1, -0.05) is 0 Å². The number of nitrogens with zero attached hydrogens (tertiary/aromatic N) is 2. The van der Waals surface area contributed by atoms with E-state index in [-0.39, 0.29) is 17.9 Å². The van der Waals surface area contributed by atoms with E-state index in [1.807, 2.05) is 0 Å². The summed E-state index contributed by atoms with van der Waals surface area (Å²) in [6.45, 7) is 0.414. The Labute approximate surface area is 129 Å². The van der Waals surface area contributed by atoms with Crippen molar-refractivity contribution in [1.29, 1.82) is 0 Å². The SMILES string of the molecule is O=C(NCC(NC(=O)c1cscn1)C1CC1)c1cscn1.